The Hall–Kier alpha value is -3.31. The SMILES string of the molecule is c1ccc(CCn2nnnc2[C@H](c2ccccc2)N2CCc3ccccc3C2)cc1. The molecule has 1 aromatic heterocycles. The van der Waals surface area contributed by atoms with Gasteiger partial charge >= 0.3 is 0 Å². The lowest BCUT2D eigenvalue weighted by atomic mass is 9.96. The Morgan fingerprint density at radius 3 is 2.30 bits per heavy atom. The molecule has 150 valence electrons. The number of hydrogen-bond acceptors (Lipinski definition) is 4. The minimum absolute atomic E-state index is 0.0327. The second-order valence-electron chi connectivity index (χ2n) is 7.80. The zero-order valence-electron chi connectivity index (χ0n) is 16.9. The van der Waals surface area contributed by atoms with Crippen LogP contribution in [-0.2, 0) is 25.9 Å². The van der Waals surface area contributed by atoms with Crippen molar-refractivity contribution in [2.45, 2.75) is 32.0 Å². The van der Waals surface area contributed by atoms with Gasteiger partial charge in [0.1, 0.15) is 0 Å². The molecule has 1 aliphatic heterocycles. The van der Waals surface area contributed by atoms with E-state index in [-0.39, 0.29) is 6.04 Å². The van der Waals surface area contributed by atoms with E-state index in [4.69, 9.17) is 0 Å². The lowest BCUT2D eigenvalue weighted by Crippen LogP contribution is -2.36. The maximum Gasteiger partial charge on any atom is 0.173 e. The number of aryl methyl sites for hydroxylation is 2. The smallest absolute Gasteiger partial charge is 0.173 e. The van der Waals surface area contributed by atoms with E-state index in [1.165, 1.54) is 22.3 Å². The van der Waals surface area contributed by atoms with E-state index in [1.807, 2.05) is 10.7 Å². The maximum atomic E-state index is 4.50. The van der Waals surface area contributed by atoms with E-state index in [9.17, 15) is 0 Å². The van der Waals surface area contributed by atoms with Gasteiger partial charge < -0.3 is 0 Å². The number of fused-ring (bicyclic) bond motifs is 1. The Balaban J connectivity index is 1.46. The molecule has 0 fully saturated rings. The fraction of sp³-hybridized carbons (Fsp3) is 0.240. The predicted molar refractivity (Wildman–Crippen MR) is 117 cm³/mol. The largest absolute Gasteiger partial charge is 0.285 e. The fourth-order valence-electron chi connectivity index (χ4n) is 4.34. The van der Waals surface area contributed by atoms with Crippen LogP contribution >= 0.6 is 0 Å². The summed E-state index contributed by atoms with van der Waals surface area (Å²) < 4.78 is 1.98. The van der Waals surface area contributed by atoms with Crippen LogP contribution in [0.4, 0.5) is 0 Å². The molecule has 5 heteroatoms. The quantitative estimate of drug-likeness (QED) is 0.494. The van der Waals surface area contributed by atoms with Crippen molar-refractivity contribution in [1.82, 2.24) is 25.1 Å². The number of rotatable bonds is 6. The first-order valence-electron chi connectivity index (χ1n) is 10.5. The molecule has 0 radical (unpaired) electrons. The molecule has 4 aromatic rings. The molecule has 1 aliphatic rings. The zero-order valence-corrected chi connectivity index (χ0v) is 16.9. The minimum atomic E-state index is 0.0327. The molecule has 1 atom stereocenters. The first-order valence-corrected chi connectivity index (χ1v) is 10.5. The molecule has 0 bridgehead atoms. The van der Waals surface area contributed by atoms with Gasteiger partial charge in [-0.3, -0.25) is 4.90 Å². The highest BCUT2D eigenvalue weighted by Crippen LogP contribution is 2.31. The van der Waals surface area contributed by atoms with Gasteiger partial charge in [-0.05, 0) is 45.5 Å². The van der Waals surface area contributed by atoms with Gasteiger partial charge in [0, 0.05) is 19.6 Å². The van der Waals surface area contributed by atoms with Gasteiger partial charge in [-0.25, -0.2) is 4.68 Å². The van der Waals surface area contributed by atoms with Crippen LogP contribution in [0, 0.1) is 0 Å². The minimum Gasteiger partial charge on any atom is -0.285 e. The van der Waals surface area contributed by atoms with Crippen LogP contribution in [0.5, 0.6) is 0 Å². The van der Waals surface area contributed by atoms with Gasteiger partial charge in [0.2, 0.25) is 0 Å². The molecule has 0 amide bonds. The van der Waals surface area contributed by atoms with Crippen LogP contribution < -0.4 is 0 Å². The molecule has 0 N–H and O–H groups in total. The summed E-state index contributed by atoms with van der Waals surface area (Å²) in [4.78, 5) is 2.50. The fourth-order valence-corrected chi connectivity index (χ4v) is 4.34. The number of aromatic nitrogens is 4. The van der Waals surface area contributed by atoms with Gasteiger partial charge in [0.25, 0.3) is 0 Å². The standard InChI is InChI=1S/C25H25N5/c1-3-9-20(10-4-1)15-18-30-25(26-27-28-30)24(22-12-5-2-6-13-22)29-17-16-21-11-7-8-14-23(21)19-29/h1-14,24H,15-19H2/t24-/m0/s1. The Kier molecular flexibility index (Phi) is 5.36. The number of hydrogen-bond donors (Lipinski definition) is 0. The van der Waals surface area contributed by atoms with Gasteiger partial charge in [-0.1, -0.05) is 84.9 Å². The van der Waals surface area contributed by atoms with Gasteiger partial charge in [0.15, 0.2) is 5.82 Å². The summed E-state index contributed by atoms with van der Waals surface area (Å²) in [5.41, 5.74) is 5.37. The molecule has 3 aromatic carbocycles. The molecular weight excluding hydrogens is 370 g/mol. The second kappa shape index (κ2) is 8.59. The third-order valence-electron chi connectivity index (χ3n) is 5.90. The van der Waals surface area contributed by atoms with Crippen LogP contribution in [0.3, 0.4) is 0 Å². The average molecular weight is 396 g/mol. The van der Waals surface area contributed by atoms with Crippen molar-refractivity contribution < 1.29 is 0 Å². The Morgan fingerprint density at radius 1 is 0.800 bits per heavy atom. The van der Waals surface area contributed by atoms with Gasteiger partial charge in [0.05, 0.1) is 6.04 Å². The van der Waals surface area contributed by atoms with Gasteiger partial charge in [-0.2, -0.15) is 0 Å². The molecule has 0 aliphatic carbocycles. The second-order valence-corrected chi connectivity index (χ2v) is 7.80. The predicted octanol–water partition coefficient (Wildman–Crippen LogP) is 4.06. The highest BCUT2D eigenvalue weighted by Gasteiger charge is 2.30. The third kappa shape index (κ3) is 3.89. The number of benzene rings is 3. The average Bonchev–Trinajstić information content (AvgIpc) is 3.27. The molecule has 2 heterocycles. The van der Waals surface area contributed by atoms with Crippen molar-refractivity contribution in [2.24, 2.45) is 0 Å². The van der Waals surface area contributed by atoms with Crippen molar-refractivity contribution in [3.63, 3.8) is 0 Å². The van der Waals surface area contributed by atoms with Crippen LogP contribution in [0.25, 0.3) is 0 Å². The summed E-state index contributed by atoms with van der Waals surface area (Å²) in [6, 6.07) is 29.9. The molecule has 30 heavy (non-hydrogen) atoms. The lowest BCUT2D eigenvalue weighted by Gasteiger charge is -2.35. The molecule has 0 saturated heterocycles. The molecule has 0 spiro atoms. The van der Waals surface area contributed by atoms with E-state index in [2.05, 4.69) is 99.3 Å². The number of tetrazole rings is 1. The summed E-state index contributed by atoms with van der Waals surface area (Å²) in [5.74, 6) is 0.913. The van der Waals surface area contributed by atoms with Crippen molar-refractivity contribution in [3.8, 4) is 0 Å². The third-order valence-corrected chi connectivity index (χ3v) is 5.90. The summed E-state index contributed by atoms with van der Waals surface area (Å²) in [6.07, 6.45) is 1.95. The van der Waals surface area contributed by atoms with Crippen molar-refractivity contribution in [1.29, 1.82) is 0 Å². The summed E-state index contributed by atoms with van der Waals surface area (Å²) >= 11 is 0. The monoisotopic (exact) mass is 395 g/mol. The highest BCUT2D eigenvalue weighted by atomic mass is 15.5. The molecule has 0 unspecified atom stereocenters. The Bertz CT molecular complexity index is 1090. The van der Waals surface area contributed by atoms with E-state index in [0.29, 0.717) is 0 Å². The summed E-state index contributed by atoms with van der Waals surface area (Å²) in [7, 11) is 0. The summed E-state index contributed by atoms with van der Waals surface area (Å²) in [6.45, 7) is 2.66. The van der Waals surface area contributed by atoms with Crippen LogP contribution in [0.1, 0.15) is 34.1 Å². The first-order chi connectivity index (χ1) is 14.9. The highest BCUT2D eigenvalue weighted by molar-refractivity contribution is 5.31. The van der Waals surface area contributed by atoms with E-state index >= 15 is 0 Å². The van der Waals surface area contributed by atoms with E-state index < -0.39 is 0 Å². The normalized spacial score (nSPS) is 14.9. The first kappa shape index (κ1) is 18.7. The van der Waals surface area contributed by atoms with E-state index in [1.54, 1.807) is 0 Å². The lowest BCUT2D eigenvalue weighted by molar-refractivity contribution is 0.194. The van der Waals surface area contributed by atoms with Crippen molar-refractivity contribution in [3.05, 3.63) is 113 Å². The van der Waals surface area contributed by atoms with Gasteiger partial charge in [-0.15, -0.1) is 5.10 Å². The summed E-state index contributed by atoms with van der Waals surface area (Å²) in [5, 5.41) is 12.9. The van der Waals surface area contributed by atoms with Crippen LogP contribution in [-0.4, -0.2) is 31.7 Å². The maximum absolute atomic E-state index is 4.50. The molecule has 0 saturated carbocycles. The molecular formula is C25H25N5. The van der Waals surface area contributed by atoms with Crippen LogP contribution in [0.2, 0.25) is 0 Å². The molecule has 5 nitrogen and oxygen atoms in total. The molecule has 5 rings (SSSR count). The number of nitrogens with zero attached hydrogens (tertiary/aromatic N) is 5. The zero-order chi connectivity index (χ0) is 20.2. The van der Waals surface area contributed by atoms with Crippen molar-refractivity contribution >= 4 is 0 Å². The van der Waals surface area contributed by atoms with Crippen LogP contribution in [0.15, 0.2) is 84.9 Å². The van der Waals surface area contributed by atoms with Crippen molar-refractivity contribution in [2.75, 3.05) is 6.54 Å². The Morgan fingerprint density at radius 2 is 1.50 bits per heavy atom. The topological polar surface area (TPSA) is 46.8 Å². The Labute approximate surface area is 177 Å². The van der Waals surface area contributed by atoms with E-state index in [0.717, 1.165) is 38.3 Å².